The molecule has 19 heavy (non-hydrogen) atoms. The van der Waals surface area contributed by atoms with Gasteiger partial charge in [-0.05, 0) is 44.0 Å². The fraction of sp³-hybridized carbons (Fsp3) is 0.429. The number of aryl methyl sites for hydroxylation is 1. The third-order valence-electron chi connectivity index (χ3n) is 3.11. The number of fused-ring (bicyclic) bond motifs is 1. The SMILES string of the molecule is CC(C)(CO)NC(=O)c1ccc2c(c1)CCC(=O)N2. The van der Waals surface area contributed by atoms with Crippen LogP contribution in [0.3, 0.4) is 0 Å². The second-order valence-electron chi connectivity index (χ2n) is 5.42. The van der Waals surface area contributed by atoms with Gasteiger partial charge in [0.1, 0.15) is 0 Å². The van der Waals surface area contributed by atoms with E-state index in [1.165, 1.54) is 0 Å². The van der Waals surface area contributed by atoms with Gasteiger partial charge >= 0.3 is 0 Å². The number of hydrogen-bond acceptors (Lipinski definition) is 3. The lowest BCUT2D eigenvalue weighted by atomic mass is 9.99. The third-order valence-corrected chi connectivity index (χ3v) is 3.11. The maximum absolute atomic E-state index is 12.1. The Bertz CT molecular complexity index is 523. The molecule has 0 saturated heterocycles. The summed E-state index contributed by atoms with van der Waals surface area (Å²) in [6, 6.07) is 5.21. The summed E-state index contributed by atoms with van der Waals surface area (Å²) >= 11 is 0. The molecule has 1 aliphatic heterocycles. The molecular formula is C14H18N2O3. The largest absolute Gasteiger partial charge is 0.394 e. The number of amides is 2. The molecule has 0 radical (unpaired) electrons. The summed E-state index contributed by atoms with van der Waals surface area (Å²) in [5.74, 6) is -0.218. The number of hydrogen-bond donors (Lipinski definition) is 3. The van der Waals surface area contributed by atoms with Crippen molar-refractivity contribution in [1.29, 1.82) is 0 Å². The molecule has 1 aliphatic rings. The number of carbonyl (C=O) groups excluding carboxylic acids is 2. The Hall–Kier alpha value is -1.88. The summed E-state index contributed by atoms with van der Waals surface area (Å²) in [5.41, 5.74) is 1.63. The molecule has 0 aromatic heterocycles. The summed E-state index contributed by atoms with van der Waals surface area (Å²) in [6.45, 7) is 3.38. The number of aliphatic hydroxyl groups excluding tert-OH is 1. The molecule has 0 aliphatic carbocycles. The molecule has 5 heteroatoms. The van der Waals surface area contributed by atoms with Gasteiger partial charge in [0.05, 0.1) is 12.1 Å². The highest BCUT2D eigenvalue weighted by molar-refractivity contribution is 5.98. The molecule has 0 spiro atoms. The summed E-state index contributed by atoms with van der Waals surface area (Å²) < 4.78 is 0. The lowest BCUT2D eigenvalue weighted by molar-refractivity contribution is -0.116. The van der Waals surface area contributed by atoms with Gasteiger partial charge in [-0.15, -0.1) is 0 Å². The van der Waals surface area contributed by atoms with Crippen molar-refractivity contribution in [1.82, 2.24) is 5.32 Å². The van der Waals surface area contributed by atoms with E-state index in [-0.39, 0.29) is 18.4 Å². The van der Waals surface area contributed by atoms with Gasteiger partial charge in [-0.2, -0.15) is 0 Å². The molecule has 3 N–H and O–H groups in total. The predicted octanol–water partition coefficient (Wildman–Crippen LogP) is 1.07. The van der Waals surface area contributed by atoms with Crippen molar-refractivity contribution in [3.05, 3.63) is 29.3 Å². The zero-order valence-corrected chi connectivity index (χ0v) is 11.1. The molecule has 102 valence electrons. The van der Waals surface area contributed by atoms with Crippen LogP contribution in [0.2, 0.25) is 0 Å². The molecule has 2 rings (SSSR count). The molecule has 5 nitrogen and oxygen atoms in total. The van der Waals surface area contributed by atoms with Crippen molar-refractivity contribution in [3.63, 3.8) is 0 Å². The zero-order chi connectivity index (χ0) is 14.0. The van der Waals surface area contributed by atoms with Crippen LogP contribution in [0.5, 0.6) is 0 Å². The van der Waals surface area contributed by atoms with Crippen LogP contribution in [0.1, 0.15) is 36.2 Å². The van der Waals surface area contributed by atoms with E-state index in [0.29, 0.717) is 18.4 Å². The van der Waals surface area contributed by atoms with E-state index in [0.717, 1.165) is 11.3 Å². The van der Waals surface area contributed by atoms with Gasteiger partial charge in [-0.3, -0.25) is 9.59 Å². The van der Waals surface area contributed by atoms with Crippen LogP contribution < -0.4 is 10.6 Å². The molecular weight excluding hydrogens is 244 g/mol. The number of benzene rings is 1. The zero-order valence-electron chi connectivity index (χ0n) is 11.1. The van der Waals surface area contributed by atoms with Crippen molar-refractivity contribution in [2.45, 2.75) is 32.2 Å². The molecule has 0 unspecified atom stereocenters. The predicted molar refractivity (Wildman–Crippen MR) is 72.0 cm³/mol. The van der Waals surface area contributed by atoms with Crippen molar-refractivity contribution in [3.8, 4) is 0 Å². The molecule has 0 atom stereocenters. The first kappa shape index (κ1) is 13.5. The van der Waals surface area contributed by atoms with Gasteiger partial charge in [0.15, 0.2) is 0 Å². The fourth-order valence-electron chi connectivity index (χ4n) is 1.94. The fourth-order valence-corrected chi connectivity index (χ4v) is 1.94. The van der Waals surface area contributed by atoms with Gasteiger partial charge < -0.3 is 15.7 Å². The number of rotatable bonds is 3. The summed E-state index contributed by atoms with van der Waals surface area (Å²) in [6.07, 6.45) is 1.09. The van der Waals surface area contributed by atoms with Gasteiger partial charge in [0.25, 0.3) is 5.91 Å². The Morgan fingerprint density at radius 2 is 2.16 bits per heavy atom. The monoisotopic (exact) mass is 262 g/mol. The number of anilines is 1. The lowest BCUT2D eigenvalue weighted by Gasteiger charge is -2.24. The van der Waals surface area contributed by atoms with Crippen LogP contribution in [-0.2, 0) is 11.2 Å². The van der Waals surface area contributed by atoms with Crippen molar-refractivity contribution in [2.24, 2.45) is 0 Å². The topological polar surface area (TPSA) is 78.4 Å². The Kier molecular flexibility index (Phi) is 3.57. The first-order valence-electron chi connectivity index (χ1n) is 6.27. The first-order valence-corrected chi connectivity index (χ1v) is 6.27. The molecule has 0 bridgehead atoms. The minimum Gasteiger partial charge on any atom is -0.394 e. The summed E-state index contributed by atoms with van der Waals surface area (Å²) in [4.78, 5) is 23.3. The molecule has 0 fully saturated rings. The van der Waals surface area contributed by atoms with Gasteiger partial charge in [-0.1, -0.05) is 0 Å². The number of carbonyl (C=O) groups is 2. The van der Waals surface area contributed by atoms with E-state index < -0.39 is 5.54 Å². The molecule has 1 aromatic rings. The second-order valence-corrected chi connectivity index (χ2v) is 5.42. The van der Waals surface area contributed by atoms with E-state index in [9.17, 15) is 9.59 Å². The molecule has 1 heterocycles. The Morgan fingerprint density at radius 1 is 1.42 bits per heavy atom. The first-order chi connectivity index (χ1) is 8.91. The normalized spacial score (nSPS) is 14.6. The molecule has 1 aromatic carbocycles. The average Bonchev–Trinajstić information content (AvgIpc) is 2.37. The van der Waals surface area contributed by atoms with E-state index in [1.807, 2.05) is 0 Å². The molecule has 0 saturated carbocycles. The Balaban J connectivity index is 2.18. The van der Waals surface area contributed by atoms with Crippen molar-refractivity contribution >= 4 is 17.5 Å². The van der Waals surface area contributed by atoms with E-state index in [2.05, 4.69) is 10.6 Å². The third kappa shape index (κ3) is 3.12. The smallest absolute Gasteiger partial charge is 0.251 e. The van der Waals surface area contributed by atoms with Crippen LogP contribution in [0, 0.1) is 0 Å². The highest BCUT2D eigenvalue weighted by atomic mass is 16.3. The van der Waals surface area contributed by atoms with Crippen LogP contribution in [-0.4, -0.2) is 29.1 Å². The highest BCUT2D eigenvalue weighted by Gasteiger charge is 2.21. The van der Waals surface area contributed by atoms with E-state index >= 15 is 0 Å². The van der Waals surface area contributed by atoms with E-state index in [1.54, 1.807) is 32.0 Å². The summed E-state index contributed by atoms with van der Waals surface area (Å²) in [7, 11) is 0. The lowest BCUT2D eigenvalue weighted by Crippen LogP contribution is -2.46. The number of nitrogens with one attached hydrogen (secondary N) is 2. The van der Waals surface area contributed by atoms with Gasteiger partial charge in [0.2, 0.25) is 5.91 Å². The Morgan fingerprint density at radius 3 is 2.84 bits per heavy atom. The Labute approximate surface area is 112 Å². The van der Waals surface area contributed by atoms with Crippen LogP contribution in [0.15, 0.2) is 18.2 Å². The quantitative estimate of drug-likeness (QED) is 0.762. The highest BCUT2D eigenvalue weighted by Crippen LogP contribution is 2.23. The van der Waals surface area contributed by atoms with Crippen molar-refractivity contribution < 1.29 is 14.7 Å². The standard InChI is InChI=1S/C14H18N2O3/c1-14(2,8-17)16-13(19)10-3-5-11-9(7-10)4-6-12(18)15-11/h3,5,7,17H,4,6,8H2,1-2H3,(H,15,18)(H,16,19). The van der Waals surface area contributed by atoms with Gasteiger partial charge in [0, 0.05) is 17.7 Å². The molecule has 2 amide bonds. The average molecular weight is 262 g/mol. The second kappa shape index (κ2) is 5.01. The maximum atomic E-state index is 12.1. The van der Waals surface area contributed by atoms with Crippen LogP contribution in [0.25, 0.3) is 0 Å². The number of aliphatic hydroxyl groups is 1. The van der Waals surface area contributed by atoms with Gasteiger partial charge in [-0.25, -0.2) is 0 Å². The van der Waals surface area contributed by atoms with Crippen LogP contribution >= 0.6 is 0 Å². The van der Waals surface area contributed by atoms with Crippen LogP contribution in [0.4, 0.5) is 5.69 Å². The van der Waals surface area contributed by atoms with Crippen molar-refractivity contribution in [2.75, 3.05) is 11.9 Å². The maximum Gasteiger partial charge on any atom is 0.251 e. The van der Waals surface area contributed by atoms with E-state index in [4.69, 9.17) is 5.11 Å². The minimum atomic E-state index is -0.652. The minimum absolute atomic E-state index is 0.00566. The summed E-state index contributed by atoms with van der Waals surface area (Å²) in [5, 5.41) is 14.7.